The summed E-state index contributed by atoms with van der Waals surface area (Å²) < 4.78 is 4.75. The molecular weight excluding hydrogens is 270 g/mol. The largest absolute Gasteiger partial charge is 0.465 e. The number of hydrogen-bond acceptors (Lipinski definition) is 4. The highest BCUT2D eigenvalue weighted by Gasteiger charge is 2.17. The molecule has 2 aromatic carbocycles. The van der Waals surface area contributed by atoms with Crippen LogP contribution in [0.4, 0.5) is 5.69 Å². The molecule has 0 unspecified atom stereocenters. The van der Waals surface area contributed by atoms with Crippen LogP contribution in [-0.4, -0.2) is 18.0 Å². The number of rotatable bonds is 4. The number of esters is 1. The molecule has 0 aliphatic rings. The van der Waals surface area contributed by atoms with Gasteiger partial charge in [-0.15, -0.1) is 0 Å². The van der Waals surface area contributed by atoms with Crippen molar-refractivity contribution < 1.29 is 14.5 Å². The minimum Gasteiger partial charge on any atom is -0.465 e. The molecule has 0 fully saturated rings. The lowest BCUT2D eigenvalue weighted by molar-refractivity contribution is -0.384. The predicted molar refractivity (Wildman–Crippen MR) is 80.0 cm³/mol. The SMILES string of the molecule is C=Cc1ccc([N+](=O)[O-])cc1-c1ccccc1C(=O)OC. The third kappa shape index (κ3) is 2.81. The number of nitrogens with zero attached hydrogens (tertiary/aromatic N) is 1. The quantitative estimate of drug-likeness (QED) is 0.487. The summed E-state index contributed by atoms with van der Waals surface area (Å²) in [6, 6.07) is 11.2. The van der Waals surface area contributed by atoms with E-state index in [2.05, 4.69) is 6.58 Å². The standard InChI is InChI=1S/C16H13NO4/c1-3-11-8-9-12(17(19)20)10-15(11)13-6-4-5-7-14(13)16(18)21-2/h3-10H,1H2,2H3. The highest BCUT2D eigenvalue weighted by molar-refractivity contribution is 5.98. The molecule has 2 aromatic rings. The number of nitro groups is 1. The van der Waals surface area contributed by atoms with E-state index >= 15 is 0 Å². The Morgan fingerprint density at radius 3 is 2.57 bits per heavy atom. The Morgan fingerprint density at radius 1 is 1.24 bits per heavy atom. The van der Waals surface area contributed by atoms with Gasteiger partial charge in [0.25, 0.3) is 5.69 Å². The fourth-order valence-corrected chi connectivity index (χ4v) is 2.08. The number of ether oxygens (including phenoxy) is 1. The Balaban J connectivity index is 2.71. The van der Waals surface area contributed by atoms with Gasteiger partial charge < -0.3 is 4.74 Å². The fourth-order valence-electron chi connectivity index (χ4n) is 2.08. The van der Waals surface area contributed by atoms with Crippen LogP contribution in [0.5, 0.6) is 0 Å². The van der Waals surface area contributed by atoms with Crippen LogP contribution in [0.15, 0.2) is 49.0 Å². The van der Waals surface area contributed by atoms with Crippen LogP contribution >= 0.6 is 0 Å². The van der Waals surface area contributed by atoms with Crippen molar-refractivity contribution in [1.29, 1.82) is 0 Å². The first-order valence-corrected chi connectivity index (χ1v) is 6.17. The van der Waals surface area contributed by atoms with Crippen LogP contribution in [-0.2, 0) is 4.74 Å². The summed E-state index contributed by atoms with van der Waals surface area (Å²) in [6.07, 6.45) is 1.59. The van der Waals surface area contributed by atoms with Crippen molar-refractivity contribution in [2.75, 3.05) is 7.11 Å². The Morgan fingerprint density at radius 2 is 1.95 bits per heavy atom. The molecule has 0 aliphatic carbocycles. The van der Waals surface area contributed by atoms with E-state index in [-0.39, 0.29) is 5.69 Å². The molecule has 106 valence electrons. The molecule has 0 aliphatic heterocycles. The van der Waals surface area contributed by atoms with Crippen LogP contribution in [0.3, 0.4) is 0 Å². The van der Waals surface area contributed by atoms with Crippen LogP contribution in [0.25, 0.3) is 17.2 Å². The molecule has 0 aromatic heterocycles. The number of hydrogen-bond donors (Lipinski definition) is 0. The molecule has 0 atom stereocenters. The Labute approximate surface area is 121 Å². The van der Waals surface area contributed by atoms with Gasteiger partial charge in [-0.25, -0.2) is 4.79 Å². The maximum absolute atomic E-state index is 11.8. The van der Waals surface area contributed by atoms with Crippen molar-refractivity contribution in [3.63, 3.8) is 0 Å². The van der Waals surface area contributed by atoms with Gasteiger partial charge >= 0.3 is 5.97 Å². The third-order valence-electron chi connectivity index (χ3n) is 3.09. The first-order valence-electron chi connectivity index (χ1n) is 6.17. The number of benzene rings is 2. The smallest absolute Gasteiger partial charge is 0.338 e. The number of nitro benzene ring substituents is 1. The number of carbonyl (C=O) groups excluding carboxylic acids is 1. The summed E-state index contributed by atoms with van der Waals surface area (Å²) in [5.74, 6) is -0.493. The second kappa shape index (κ2) is 6.00. The van der Waals surface area contributed by atoms with Crippen LogP contribution < -0.4 is 0 Å². The molecule has 0 N–H and O–H groups in total. The van der Waals surface area contributed by atoms with Crippen LogP contribution in [0, 0.1) is 10.1 Å². The minimum atomic E-state index is -0.493. The van der Waals surface area contributed by atoms with Crippen LogP contribution in [0.2, 0.25) is 0 Å². The molecule has 5 heteroatoms. The lowest BCUT2D eigenvalue weighted by Gasteiger charge is -2.10. The van der Waals surface area contributed by atoms with Gasteiger partial charge in [0.15, 0.2) is 0 Å². The maximum atomic E-state index is 11.8. The van der Waals surface area contributed by atoms with Crippen molar-refractivity contribution >= 4 is 17.7 Å². The number of methoxy groups -OCH3 is 1. The molecule has 21 heavy (non-hydrogen) atoms. The van der Waals surface area contributed by atoms with E-state index in [9.17, 15) is 14.9 Å². The second-order valence-electron chi connectivity index (χ2n) is 4.27. The van der Waals surface area contributed by atoms with E-state index in [1.807, 2.05) is 0 Å². The minimum absolute atomic E-state index is 0.0460. The molecule has 5 nitrogen and oxygen atoms in total. The van der Waals surface area contributed by atoms with Crippen molar-refractivity contribution in [3.8, 4) is 11.1 Å². The number of carbonyl (C=O) groups is 1. The molecule has 0 heterocycles. The molecule has 0 radical (unpaired) electrons. The Hall–Kier alpha value is -2.95. The monoisotopic (exact) mass is 283 g/mol. The highest BCUT2D eigenvalue weighted by atomic mass is 16.6. The zero-order valence-electron chi connectivity index (χ0n) is 11.4. The predicted octanol–water partition coefficient (Wildman–Crippen LogP) is 3.69. The average molecular weight is 283 g/mol. The second-order valence-corrected chi connectivity index (χ2v) is 4.27. The van der Waals surface area contributed by atoms with E-state index in [1.165, 1.54) is 19.2 Å². The maximum Gasteiger partial charge on any atom is 0.338 e. The van der Waals surface area contributed by atoms with Gasteiger partial charge in [0.1, 0.15) is 0 Å². The van der Waals surface area contributed by atoms with Crippen molar-refractivity contribution in [1.82, 2.24) is 0 Å². The highest BCUT2D eigenvalue weighted by Crippen LogP contribution is 2.31. The lowest BCUT2D eigenvalue weighted by Crippen LogP contribution is -2.04. The van der Waals surface area contributed by atoms with Crippen molar-refractivity contribution in [2.45, 2.75) is 0 Å². The van der Waals surface area contributed by atoms with Gasteiger partial charge in [-0.2, -0.15) is 0 Å². The third-order valence-corrected chi connectivity index (χ3v) is 3.09. The van der Waals surface area contributed by atoms with Gasteiger partial charge in [0.2, 0.25) is 0 Å². The summed E-state index contributed by atoms with van der Waals surface area (Å²) in [4.78, 5) is 22.3. The summed E-state index contributed by atoms with van der Waals surface area (Å²) in [6.45, 7) is 3.70. The molecular formula is C16H13NO4. The molecule has 0 amide bonds. The van der Waals surface area contributed by atoms with Crippen molar-refractivity contribution in [3.05, 3.63) is 70.3 Å². The Bertz CT molecular complexity index is 722. The van der Waals surface area contributed by atoms with Gasteiger partial charge in [-0.05, 0) is 28.8 Å². The normalized spacial score (nSPS) is 9.95. The fraction of sp³-hybridized carbons (Fsp3) is 0.0625. The van der Waals surface area contributed by atoms with Crippen LogP contribution in [0.1, 0.15) is 15.9 Å². The summed E-state index contributed by atoms with van der Waals surface area (Å²) in [7, 11) is 1.29. The van der Waals surface area contributed by atoms with Gasteiger partial charge in [-0.3, -0.25) is 10.1 Å². The molecule has 0 saturated carbocycles. The topological polar surface area (TPSA) is 69.4 Å². The average Bonchev–Trinajstić information content (AvgIpc) is 2.53. The molecule has 0 spiro atoms. The molecule has 0 saturated heterocycles. The molecule has 2 rings (SSSR count). The zero-order valence-corrected chi connectivity index (χ0v) is 11.4. The van der Waals surface area contributed by atoms with E-state index in [0.717, 1.165) is 0 Å². The first kappa shape index (κ1) is 14.5. The van der Waals surface area contributed by atoms with E-state index in [1.54, 1.807) is 36.4 Å². The van der Waals surface area contributed by atoms with Gasteiger partial charge in [0, 0.05) is 12.1 Å². The van der Waals surface area contributed by atoms with E-state index in [0.29, 0.717) is 22.3 Å². The molecule has 0 bridgehead atoms. The number of non-ortho nitro benzene ring substituents is 1. The summed E-state index contributed by atoms with van der Waals surface area (Å²) in [5.41, 5.74) is 2.15. The van der Waals surface area contributed by atoms with E-state index < -0.39 is 10.9 Å². The summed E-state index contributed by atoms with van der Waals surface area (Å²) in [5, 5.41) is 10.9. The lowest BCUT2D eigenvalue weighted by atomic mass is 9.95. The van der Waals surface area contributed by atoms with Crippen molar-refractivity contribution in [2.24, 2.45) is 0 Å². The Kier molecular flexibility index (Phi) is 4.13. The van der Waals surface area contributed by atoms with E-state index in [4.69, 9.17) is 4.74 Å². The summed E-state index contributed by atoms with van der Waals surface area (Å²) >= 11 is 0. The van der Waals surface area contributed by atoms with Gasteiger partial charge in [-0.1, -0.05) is 30.9 Å². The van der Waals surface area contributed by atoms with Gasteiger partial charge in [0.05, 0.1) is 17.6 Å². The first-order chi connectivity index (χ1) is 10.1. The zero-order chi connectivity index (χ0) is 15.4.